The summed E-state index contributed by atoms with van der Waals surface area (Å²) in [5.41, 5.74) is 0. The molecule has 1 atom stereocenters. The van der Waals surface area contributed by atoms with Gasteiger partial charge >= 0.3 is 0 Å². The summed E-state index contributed by atoms with van der Waals surface area (Å²) in [5.74, 6) is 2.73. The van der Waals surface area contributed by atoms with Gasteiger partial charge in [0.15, 0.2) is 0 Å². The number of morpholine rings is 1. The first-order chi connectivity index (χ1) is 9.31. The molecule has 2 aliphatic rings. The number of piperidine rings is 1. The normalized spacial score (nSPS) is 27.3. The fourth-order valence-electron chi connectivity index (χ4n) is 2.91. The Kier molecular flexibility index (Phi) is 6.12. The summed E-state index contributed by atoms with van der Waals surface area (Å²) in [6.07, 6.45) is 8.11. The molecule has 0 aliphatic carbocycles. The summed E-state index contributed by atoms with van der Waals surface area (Å²) in [7, 11) is 0. The van der Waals surface area contributed by atoms with Gasteiger partial charge in [0.05, 0.1) is 19.3 Å². The molecule has 0 aromatic carbocycles. The van der Waals surface area contributed by atoms with Crippen molar-refractivity contribution in [2.75, 3.05) is 52.4 Å². The molecule has 0 amide bonds. The van der Waals surface area contributed by atoms with Gasteiger partial charge in [0.25, 0.3) is 0 Å². The molecule has 2 heterocycles. The monoisotopic (exact) mass is 265 g/mol. The molecule has 4 heteroatoms. The van der Waals surface area contributed by atoms with Crippen molar-refractivity contribution < 1.29 is 4.74 Å². The van der Waals surface area contributed by atoms with Crippen molar-refractivity contribution in [1.82, 2.24) is 15.1 Å². The Morgan fingerprint density at radius 3 is 2.74 bits per heavy atom. The molecule has 0 radical (unpaired) electrons. The summed E-state index contributed by atoms with van der Waals surface area (Å²) >= 11 is 0. The second-order valence-corrected chi connectivity index (χ2v) is 5.55. The van der Waals surface area contributed by atoms with Crippen molar-refractivity contribution in [2.24, 2.45) is 0 Å². The number of terminal acetylenes is 1. The third kappa shape index (κ3) is 4.77. The van der Waals surface area contributed by atoms with Crippen LogP contribution in [0.15, 0.2) is 0 Å². The fourth-order valence-corrected chi connectivity index (χ4v) is 2.91. The number of rotatable bonds is 5. The lowest BCUT2D eigenvalue weighted by atomic mass is 10.0. The maximum absolute atomic E-state index is 5.82. The molecule has 19 heavy (non-hydrogen) atoms. The van der Waals surface area contributed by atoms with Crippen molar-refractivity contribution in [2.45, 2.75) is 31.9 Å². The number of ether oxygens (including phenoxy) is 1. The molecule has 0 bridgehead atoms. The Morgan fingerprint density at radius 2 is 2.05 bits per heavy atom. The highest BCUT2D eigenvalue weighted by molar-refractivity contribution is 4.90. The summed E-state index contributed by atoms with van der Waals surface area (Å²) in [6, 6.07) is 0.634. The number of hydrogen-bond acceptors (Lipinski definition) is 4. The van der Waals surface area contributed by atoms with Gasteiger partial charge < -0.3 is 10.1 Å². The van der Waals surface area contributed by atoms with Crippen LogP contribution in [0.25, 0.3) is 0 Å². The Hall–Kier alpha value is -0.600. The highest BCUT2D eigenvalue weighted by Crippen LogP contribution is 2.11. The first-order valence-corrected chi connectivity index (χ1v) is 7.55. The van der Waals surface area contributed by atoms with E-state index in [4.69, 9.17) is 11.2 Å². The summed E-state index contributed by atoms with van der Waals surface area (Å²) < 4.78 is 5.82. The molecule has 1 N–H and O–H groups in total. The lowest BCUT2D eigenvalue weighted by molar-refractivity contribution is -0.0271. The highest BCUT2D eigenvalue weighted by Gasteiger charge is 2.22. The minimum absolute atomic E-state index is 0.359. The minimum Gasteiger partial charge on any atom is -0.374 e. The average molecular weight is 265 g/mol. The van der Waals surface area contributed by atoms with Gasteiger partial charge in [0.1, 0.15) is 0 Å². The fraction of sp³-hybridized carbons (Fsp3) is 0.867. The zero-order valence-corrected chi connectivity index (χ0v) is 12.1. The number of likely N-dealkylation sites (N-methyl/N-ethyl adjacent to an activating group) is 1. The van der Waals surface area contributed by atoms with E-state index in [9.17, 15) is 0 Å². The van der Waals surface area contributed by atoms with Crippen molar-refractivity contribution >= 4 is 0 Å². The Balaban J connectivity index is 1.62. The van der Waals surface area contributed by atoms with Gasteiger partial charge in [-0.2, -0.15) is 0 Å². The van der Waals surface area contributed by atoms with Crippen LogP contribution in [0.1, 0.15) is 19.8 Å². The lowest BCUT2D eigenvalue weighted by Gasteiger charge is -2.35. The summed E-state index contributed by atoms with van der Waals surface area (Å²) in [5, 5.41) is 3.67. The van der Waals surface area contributed by atoms with Crippen LogP contribution < -0.4 is 5.32 Å². The van der Waals surface area contributed by atoms with E-state index in [1.54, 1.807) is 0 Å². The molecule has 0 aromatic rings. The van der Waals surface area contributed by atoms with Crippen LogP contribution >= 0.6 is 0 Å². The van der Waals surface area contributed by atoms with Crippen LogP contribution in [0.4, 0.5) is 0 Å². The maximum atomic E-state index is 5.82. The smallest absolute Gasteiger partial charge is 0.0826 e. The van der Waals surface area contributed by atoms with E-state index in [-0.39, 0.29) is 0 Å². The van der Waals surface area contributed by atoms with Gasteiger partial charge in [-0.15, -0.1) is 6.42 Å². The van der Waals surface area contributed by atoms with Crippen LogP contribution in [0.5, 0.6) is 0 Å². The number of likely N-dealkylation sites (tertiary alicyclic amines) is 1. The second-order valence-electron chi connectivity index (χ2n) is 5.55. The SMILES string of the molecule is C#CCN1CCC(NCC2CN(CC)CCO2)CC1. The van der Waals surface area contributed by atoms with Gasteiger partial charge in [-0.1, -0.05) is 12.8 Å². The van der Waals surface area contributed by atoms with Gasteiger partial charge in [-0.3, -0.25) is 9.80 Å². The van der Waals surface area contributed by atoms with Crippen molar-refractivity contribution in [3.8, 4) is 12.3 Å². The van der Waals surface area contributed by atoms with Crippen LogP contribution in [-0.4, -0.2) is 74.4 Å². The van der Waals surface area contributed by atoms with E-state index in [0.29, 0.717) is 12.1 Å². The molecule has 0 aromatic heterocycles. The van der Waals surface area contributed by atoms with E-state index in [1.807, 2.05) is 0 Å². The van der Waals surface area contributed by atoms with Crippen LogP contribution in [-0.2, 0) is 4.74 Å². The largest absolute Gasteiger partial charge is 0.374 e. The molecule has 2 rings (SSSR count). The van der Waals surface area contributed by atoms with E-state index < -0.39 is 0 Å². The molecule has 2 fully saturated rings. The maximum Gasteiger partial charge on any atom is 0.0826 e. The molecule has 0 saturated carbocycles. The van der Waals surface area contributed by atoms with E-state index in [0.717, 1.165) is 52.4 Å². The van der Waals surface area contributed by atoms with E-state index in [1.165, 1.54) is 12.8 Å². The van der Waals surface area contributed by atoms with E-state index >= 15 is 0 Å². The summed E-state index contributed by atoms with van der Waals surface area (Å²) in [6.45, 7) is 10.4. The highest BCUT2D eigenvalue weighted by atomic mass is 16.5. The van der Waals surface area contributed by atoms with Crippen molar-refractivity contribution in [1.29, 1.82) is 0 Å². The first-order valence-electron chi connectivity index (χ1n) is 7.55. The lowest BCUT2D eigenvalue weighted by Crippen LogP contribution is -2.50. The van der Waals surface area contributed by atoms with Gasteiger partial charge in [-0.05, 0) is 19.4 Å². The number of hydrogen-bond donors (Lipinski definition) is 1. The van der Waals surface area contributed by atoms with Gasteiger partial charge in [0.2, 0.25) is 0 Å². The third-order valence-electron chi connectivity index (χ3n) is 4.21. The zero-order chi connectivity index (χ0) is 13.5. The molecular formula is C15H27N3O. The average Bonchev–Trinajstić information content (AvgIpc) is 2.47. The predicted octanol–water partition coefficient (Wildman–Crippen LogP) is 0.394. The zero-order valence-electron chi connectivity index (χ0n) is 12.1. The standard InChI is InChI=1S/C15H27N3O/c1-3-7-18-8-5-14(6-9-18)16-12-15-13-17(4-2)10-11-19-15/h1,14-16H,4-13H2,2H3. The van der Waals surface area contributed by atoms with Crippen molar-refractivity contribution in [3.63, 3.8) is 0 Å². The molecule has 4 nitrogen and oxygen atoms in total. The molecule has 2 saturated heterocycles. The quantitative estimate of drug-likeness (QED) is 0.728. The van der Waals surface area contributed by atoms with Gasteiger partial charge in [0, 0.05) is 38.8 Å². The topological polar surface area (TPSA) is 27.7 Å². The van der Waals surface area contributed by atoms with Gasteiger partial charge in [-0.25, -0.2) is 0 Å². The Morgan fingerprint density at radius 1 is 1.26 bits per heavy atom. The Bertz CT molecular complexity index is 294. The molecule has 0 spiro atoms. The molecule has 2 aliphatic heterocycles. The Labute approximate surface area is 117 Å². The minimum atomic E-state index is 0.359. The van der Waals surface area contributed by atoms with Crippen LogP contribution in [0.3, 0.4) is 0 Å². The van der Waals surface area contributed by atoms with E-state index in [2.05, 4.69) is 28.0 Å². The molecule has 1 unspecified atom stereocenters. The van der Waals surface area contributed by atoms with Crippen LogP contribution in [0.2, 0.25) is 0 Å². The first kappa shape index (κ1) is 14.8. The predicted molar refractivity (Wildman–Crippen MR) is 78.2 cm³/mol. The van der Waals surface area contributed by atoms with Crippen molar-refractivity contribution in [3.05, 3.63) is 0 Å². The number of nitrogens with one attached hydrogen (secondary N) is 1. The second kappa shape index (κ2) is 7.86. The molecule has 108 valence electrons. The molecular weight excluding hydrogens is 238 g/mol. The number of nitrogens with zero attached hydrogens (tertiary/aromatic N) is 2. The van der Waals surface area contributed by atoms with Crippen LogP contribution in [0, 0.1) is 12.3 Å². The summed E-state index contributed by atoms with van der Waals surface area (Å²) in [4.78, 5) is 4.82. The third-order valence-corrected chi connectivity index (χ3v) is 4.21.